The maximum absolute atomic E-state index is 14.2. The fourth-order valence-corrected chi connectivity index (χ4v) is 5.66. The molecule has 0 atom stereocenters. The van der Waals surface area contributed by atoms with Gasteiger partial charge in [-0.2, -0.15) is 0 Å². The molecule has 0 aliphatic carbocycles. The summed E-state index contributed by atoms with van der Waals surface area (Å²) in [6, 6.07) is 28.4. The molecule has 0 bridgehead atoms. The number of benzene rings is 4. The molecule has 2 heterocycles. The summed E-state index contributed by atoms with van der Waals surface area (Å²) in [5.41, 5.74) is 2.81. The van der Waals surface area contributed by atoms with Gasteiger partial charge < -0.3 is 15.7 Å². The fraction of sp³-hybridized carbons (Fsp3) is 0.128. The van der Waals surface area contributed by atoms with E-state index in [9.17, 15) is 24.3 Å². The number of anilines is 4. The zero-order chi connectivity index (χ0) is 35.7. The Balaban J connectivity index is 0.00000504. The maximum atomic E-state index is 14.2. The smallest absolute Gasteiger partial charge is 0.493 e. The van der Waals surface area contributed by atoms with Crippen molar-refractivity contribution < 1.29 is 36.6 Å². The first-order valence-electron chi connectivity index (χ1n) is 15.8. The quantitative estimate of drug-likeness (QED) is 0.0597. The molecule has 1 aliphatic heterocycles. The molecule has 0 spiro atoms. The molecule has 0 unspecified atom stereocenters. The van der Waals surface area contributed by atoms with E-state index in [1.165, 1.54) is 14.0 Å². The van der Waals surface area contributed by atoms with Crippen LogP contribution in [0.4, 0.5) is 34.1 Å². The Labute approximate surface area is 304 Å². The molecule has 12 heteroatoms. The van der Waals surface area contributed by atoms with Crippen LogP contribution < -0.4 is 16.2 Å². The largest absolute Gasteiger partial charge is 2.00 e. The number of carbonyl (C=O) groups excluding carboxylic acids is 3. The third-order valence-electron chi connectivity index (χ3n) is 8.60. The van der Waals surface area contributed by atoms with Crippen LogP contribution in [0.3, 0.4) is 0 Å². The number of aromatic nitrogens is 1. The molecule has 51 heavy (non-hydrogen) atoms. The first-order valence-corrected chi connectivity index (χ1v) is 15.8. The van der Waals surface area contributed by atoms with Gasteiger partial charge in [0, 0.05) is 29.7 Å². The van der Waals surface area contributed by atoms with Crippen molar-refractivity contribution >= 4 is 51.7 Å². The molecule has 0 saturated carbocycles. The minimum Gasteiger partial charge on any atom is -0.493 e. The van der Waals surface area contributed by atoms with Gasteiger partial charge >= 0.3 is 17.1 Å². The van der Waals surface area contributed by atoms with Crippen molar-refractivity contribution in [1.29, 1.82) is 0 Å². The zero-order valence-electron chi connectivity index (χ0n) is 28.4. The number of carbonyl (C=O) groups is 3. The molecule has 0 fully saturated rings. The van der Waals surface area contributed by atoms with Gasteiger partial charge in [0.15, 0.2) is 5.78 Å². The maximum Gasteiger partial charge on any atom is 2.00 e. The number of amides is 2. The van der Waals surface area contributed by atoms with Gasteiger partial charge in [0.05, 0.1) is 28.1 Å². The van der Waals surface area contributed by atoms with E-state index >= 15 is 0 Å². The Hall–Kier alpha value is -6.10. The average molecular weight is 730 g/mol. The number of para-hydroxylation sites is 2. The topological polar surface area (TPSA) is 145 Å². The van der Waals surface area contributed by atoms with Crippen molar-refractivity contribution in [2.24, 2.45) is 17.3 Å². The molecule has 3 N–H and O–H groups in total. The van der Waals surface area contributed by atoms with E-state index in [-0.39, 0.29) is 56.3 Å². The summed E-state index contributed by atoms with van der Waals surface area (Å²) in [5.74, 6) is -2.20. The van der Waals surface area contributed by atoms with Gasteiger partial charge in [0.1, 0.15) is 11.4 Å². The van der Waals surface area contributed by atoms with Crippen LogP contribution in [0.15, 0.2) is 123 Å². The molecule has 2 amide bonds. The van der Waals surface area contributed by atoms with Crippen molar-refractivity contribution in [1.82, 2.24) is 9.47 Å². The Morgan fingerprint density at radius 2 is 1.27 bits per heavy atom. The molecule has 1 aliphatic rings. The van der Waals surface area contributed by atoms with Gasteiger partial charge in [-0.15, -0.1) is 10.2 Å². The van der Waals surface area contributed by atoms with Gasteiger partial charge in [-0.3, -0.25) is 23.7 Å². The van der Waals surface area contributed by atoms with Crippen LogP contribution in [-0.2, 0) is 24.1 Å². The van der Waals surface area contributed by atoms with Crippen LogP contribution in [0.2, 0.25) is 0 Å². The van der Waals surface area contributed by atoms with Crippen molar-refractivity contribution in [3.05, 3.63) is 147 Å². The summed E-state index contributed by atoms with van der Waals surface area (Å²) in [5, 5.41) is 26.8. The van der Waals surface area contributed by atoms with Gasteiger partial charge in [-0.1, -0.05) is 72.3 Å². The number of allylic oxidation sites excluding steroid dienone is 2. The molecule has 259 valence electrons. The number of azo groups is 1. The van der Waals surface area contributed by atoms with Crippen LogP contribution in [0.1, 0.15) is 63.0 Å². The van der Waals surface area contributed by atoms with Crippen LogP contribution in [0.25, 0.3) is 0 Å². The minimum atomic E-state index is -0.706. The first kappa shape index (κ1) is 36.2. The molecule has 4 aromatic carbocycles. The van der Waals surface area contributed by atoms with E-state index in [0.29, 0.717) is 28.4 Å². The summed E-state index contributed by atoms with van der Waals surface area (Å²) < 4.78 is 0.924. The van der Waals surface area contributed by atoms with Crippen LogP contribution in [0, 0.1) is 6.92 Å². The van der Waals surface area contributed by atoms with E-state index in [1.807, 2.05) is 74.5 Å². The number of imide groups is 1. The fourth-order valence-electron chi connectivity index (χ4n) is 5.66. The second kappa shape index (κ2) is 14.8. The third-order valence-corrected chi connectivity index (χ3v) is 8.60. The van der Waals surface area contributed by atoms with Gasteiger partial charge in [-0.25, -0.2) is 4.90 Å². The Kier molecular flexibility index (Phi) is 10.5. The predicted molar refractivity (Wildman–Crippen MR) is 193 cm³/mol. The molecule has 1 aromatic heterocycles. The number of pyridine rings is 1. The molecular formula is C39H34CuN6O5+2. The second-order valence-corrected chi connectivity index (χ2v) is 12.0. The Morgan fingerprint density at radius 1 is 0.745 bits per heavy atom. The minimum absolute atomic E-state index is 0. The number of aromatic hydroxyl groups is 1. The summed E-state index contributed by atoms with van der Waals surface area (Å²) in [7, 11) is 1.32. The molecule has 0 saturated heterocycles. The number of fused-ring (bicyclic) bond motifs is 1. The number of hydrogen-bond acceptors (Lipinski definition) is 9. The van der Waals surface area contributed by atoms with E-state index in [2.05, 4.69) is 20.9 Å². The summed E-state index contributed by atoms with van der Waals surface area (Å²) in [6.07, 6.45) is 0. The van der Waals surface area contributed by atoms with Crippen molar-refractivity contribution in [2.45, 2.75) is 27.7 Å². The molecule has 6 rings (SSSR count). The van der Waals surface area contributed by atoms with Crippen molar-refractivity contribution in [3.8, 4) is 5.88 Å². The Morgan fingerprint density at radius 3 is 1.84 bits per heavy atom. The predicted octanol–water partition coefficient (Wildman–Crippen LogP) is 8.44. The average Bonchev–Trinajstić information content (AvgIpc) is 3.37. The number of hydrogen-bond donors (Lipinski definition) is 3. The molecule has 1 radical (unpaired) electrons. The standard InChI is InChI=1S/C39H34N6O5.Cu/c1-22(2)24(4)45-36(47)28-21-29(40-26-17-11-7-12-18-26)33(41-27-19-13-8-14-20-27)34(31(28)38(45)49)43-42-32-23(3)30(37(48)44(5)39(32)50)35(46)25-15-9-6-10-16-25;/h6-21,40-41,50H,1-5H3;/q;+2. The summed E-state index contributed by atoms with van der Waals surface area (Å²) in [4.78, 5) is 56.1. The van der Waals surface area contributed by atoms with Crippen molar-refractivity contribution in [2.75, 3.05) is 10.6 Å². The first-order chi connectivity index (χ1) is 24.0. The van der Waals surface area contributed by atoms with Crippen LogP contribution in [0.5, 0.6) is 5.88 Å². The zero-order valence-corrected chi connectivity index (χ0v) is 29.3. The Bertz CT molecular complexity index is 2300. The number of nitrogens with one attached hydrogen (secondary N) is 2. The van der Waals surface area contributed by atoms with E-state index in [1.54, 1.807) is 43.3 Å². The molecule has 11 nitrogen and oxygen atoms in total. The van der Waals surface area contributed by atoms with Gasteiger partial charge in [0.25, 0.3) is 17.4 Å². The van der Waals surface area contributed by atoms with Crippen LogP contribution in [-0.4, -0.2) is 32.2 Å². The summed E-state index contributed by atoms with van der Waals surface area (Å²) >= 11 is 0. The third kappa shape index (κ3) is 6.74. The van der Waals surface area contributed by atoms with E-state index in [0.717, 1.165) is 15.0 Å². The van der Waals surface area contributed by atoms with E-state index in [4.69, 9.17) is 0 Å². The van der Waals surface area contributed by atoms with Crippen molar-refractivity contribution in [3.63, 3.8) is 0 Å². The SMILES string of the molecule is CC(C)=C(C)N1C(=O)c2cc(Nc3ccccc3)c(Nc3ccccc3)c(N=Nc3c(C)c(C(=O)c4ccccc4)c(=O)n(C)c3O)c2C1=O.[Cu+2]. The monoisotopic (exact) mass is 729 g/mol. The van der Waals surface area contributed by atoms with Gasteiger partial charge in [-0.05, 0) is 63.6 Å². The number of rotatable bonds is 9. The second-order valence-electron chi connectivity index (χ2n) is 12.0. The van der Waals surface area contributed by atoms with E-state index < -0.39 is 29.0 Å². The number of nitrogens with zero attached hydrogens (tertiary/aromatic N) is 4. The molecular weight excluding hydrogens is 696 g/mol. The summed E-state index contributed by atoms with van der Waals surface area (Å²) in [6.45, 7) is 6.82. The normalized spacial score (nSPS) is 12.1. The number of ketones is 1. The van der Waals surface area contributed by atoms with Gasteiger partial charge in [0.2, 0.25) is 5.88 Å². The van der Waals surface area contributed by atoms with Crippen LogP contribution >= 0.6 is 0 Å². The molecule has 5 aromatic rings.